The van der Waals surface area contributed by atoms with Crippen LogP contribution in [0.25, 0.3) is 0 Å². The van der Waals surface area contributed by atoms with Crippen LogP contribution in [0.1, 0.15) is 41.3 Å². The molecule has 2 atom stereocenters. The molecule has 3 rings (SSSR count). The first-order valence-corrected chi connectivity index (χ1v) is 8.35. The molecule has 23 heavy (non-hydrogen) atoms. The average Bonchev–Trinajstić information content (AvgIpc) is 2.62. The SMILES string of the molecule is [CH2]C(c1ccccc1)(c1cccc(C(C)=O)c1)C1CCCNC1. The van der Waals surface area contributed by atoms with Crippen molar-refractivity contribution in [3.8, 4) is 0 Å². The topological polar surface area (TPSA) is 29.1 Å². The van der Waals surface area contributed by atoms with Gasteiger partial charge in [-0.15, -0.1) is 0 Å². The Hall–Kier alpha value is -1.93. The van der Waals surface area contributed by atoms with Gasteiger partial charge in [0.1, 0.15) is 0 Å². The van der Waals surface area contributed by atoms with E-state index in [2.05, 4.69) is 42.6 Å². The van der Waals surface area contributed by atoms with E-state index in [0.717, 1.165) is 30.6 Å². The Kier molecular flexibility index (Phi) is 4.63. The Morgan fingerprint density at radius 3 is 2.52 bits per heavy atom. The van der Waals surface area contributed by atoms with E-state index >= 15 is 0 Å². The molecule has 119 valence electrons. The van der Waals surface area contributed by atoms with Crippen LogP contribution >= 0.6 is 0 Å². The number of carbonyl (C=O) groups is 1. The van der Waals surface area contributed by atoms with Gasteiger partial charge in [0.15, 0.2) is 5.78 Å². The number of piperidine rings is 1. The van der Waals surface area contributed by atoms with Crippen LogP contribution in [-0.4, -0.2) is 18.9 Å². The van der Waals surface area contributed by atoms with Gasteiger partial charge in [-0.3, -0.25) is 4.79 Å². The van der Waals surface area contributed by atoms with Gasteiger partial charge in [0.2, 0.25) is 0 Å². The molecule has 1 N–H and O–H groups in total. The first-order valence-electron chi connectivity index (χ1n) is 8.35. The molecule has 0 aromatic heterocycles. The fourth-order valence-corrected chi connectivity index (χ4v) is 3.66. The third kappa shape index (κ3) is 3.09. The van der Waals surface area contributed by atoms with E-state index in [-0.39, 0.29) is 11.2 Å². The molecule has 2 heteroatoms. The van der Waals surface area contributed by atoms with Crippen molar-refractivity contribution in [1.29, 1.82) is 0 Å². The summed E-state index contributed by atoms with van der Waals surface area (Å²) in [5.74, 6) is 0.518. The quantitative estimate of drug-likeness (QED) is 0.865. The summed E-state index contributed by atoms with van der Waals surface area (Å²) >= 11 is 0. The molecule has 2 nitrogen and oxygen atoms in total. The number of ketones is 1. The van der Waals surface area contributed by atoms with Crippen LogP contribution in [-0.2, 0) is 5.41 Å². The largest absolute Gasteiger partial charge is 0.316 e. The number of Topliss-reactive ketones (excluding diaryl/α,β-unsaturated/α-hetero) is 1. The summed E-state index contributed by atoms with van der Waals surface area (Å²) in [6, 6.07) is 18.5. The van der Waals surface area contributed by atoms with E-state index < -0.39 is 0 Å². The predicted octanol–water partition coefficient (Wildman–Crippen LogP) is 4.01. The maximum absolute atomic E-state index is 11.8. The molecule has 2 unspecified atom stereocenters. The van der Waals surface area contributed by atoms with Crippen molar-refractivity contribution in [2.75, 3.05) is 13.1 Å². The van der Waals surface area contributed by atoms with E-state index in [0.29, 0.717) is 5.92 Å². The van der Waals surface area contributed by atoms with Gasteiger partial charge in [-0.05, 0) is 62.9 Å². The Bertz CT molecular complexity index is 673. The van der Waals surface area contributed by atoms with Crippen LogP contribution in [0, 0.1) is 12.8 Å². The van der Waals surface area contributed by atoms with Gasteiger partial charge in [-0.25, -0.2) is 0 Å². The zero-order valence-electron chi connectivity index (χ0n) is 13.7. The van der Waals surface area contributed by atoms with Gasteiger partial charge in [0.05, 0.1) is 0 Å². The Morgan fingerprint density at radius 1 is 1.13 bits per heavy atom. The van der Waals surface area contributed by atoms with E-state index in [4.69, 9.17) is 0 Å². The zero-order valence-corrected chi connectivity index (χ0v) is 13.7. The van der Waals surface area contributed by atoms with Crippen LogP contribution in [0.15, 0.2) is 54.6 Å². The molecule has 0 bridgehead atoms. The Labute approximate surface area is 138 Å². The van der Waals surface area contributed by atoms with Crippen molar-refractivity contribution >= 4 is 5.78 Å². The summed E-state index contributed by atoms with van der Waals surface area (Å²) in [5, 5.41) is 3.51. The molecular weight excluding hydrogens is 282 g/mol. The molecule has 1 saturated heterocycles. The van der Waals surface area contributed by atoms with Gasteiger partial charge in [-0.1, -0.05) is 48.5 Å². The highest BCUT2D eigenvalue weighted by molar-refractivity contribution is 5.94. The van der Waals surface area contributed by atoms with Crippen LogP contribution in [0.3, 0.4) is 0 Å². The van der Waals surface area contributed by atoms with Crippen molar-refractivity contribution in [3.63, 3.8) is 0 Å². The minimum absolute atomic E-state index is 0.101. The number of benzene rings is 2. The molecular formula is C21H24NO. The third-order valence-electron chi connectivity index (χ3n) is 5.07. The molecule has 2 aromatic rings. The van der Waals surface area contributed by atoms with Crippen molar-refractivity contribution in [2.45, 2.75) is 25.2 Å². The first kappa shape index (κ1) is 15.9. The number of hydrogen-bond acceptors (Lipinski definition) is 2. The summed E-state index contributed by atoms with van der Waals surface area (Å²) in [7, 11) is 0. The predicted molar refractivity (Wildman–Crippen MR) is 94.6 cm³/mol. The lowest BCUT2D eigenvalue weighted by Gasteiger charge is -2.41. The summed E-state index contributed by atoms with van der Waals surface area (Å²) in [5.41, 5.74) is 2.77. The molecule has 1 heterocycles. The van der Waals surface area contributed by atoms with Gasteiger partial charge in [-0.2, -0.15) is 0 Å². The van der Waals surface area contributed by atoms with E-state index in [1.54, 1.807) is 6.92 Å². The van der Waals surface area contributed by atoms with Crippen molar-refractivity contribution in [1.82, 2.24) is 5.32 Å². The molecule has 0 spiro atoms. The monoisotopic (exact) mass is 306 g/mol. The maximum atomic E-state index is 11.8. The molecule has 1 fully saturated rings. The highest BCUT2D eigenvalue weighted by Crippen LogP contribution is 2.41. The number of carbonyl (C=O) groups excluding carboxylic acids is 1. The first-order chi connectivity index (χ1) is 11.1. The second-order valence-corrected chi connectivity index (χ2v) is 6.52. The average molecular weight is 306 g/mol. The molecule has 1 aliphatic heterocycles. The van der Waals surface area contributed by atoms with Crippen LogP contribution in [0.5, 0.6) is 0 Å². The lowest BCUT2D eigenvalue weighted by Crippen LogP contribution is -2.43. The fourth-order valence-electron chi connectivity index (χ4n) is 3.66. The Morgan fingerprint density at radius 2 is 1.87 bits per heavy atom. The smallest absolute Gasteiger partial charge is 0.159 e. The zero-order chi connectivity index (χ0) is 16.3. The van der Waals surface area contributed by atoms with E-state index in [9.17, 15) is 4.79 Å². The summed E-state index contributed by atoms with van der Waals surface area (Å²) in [4.78, 5) is 11.8. The molecule has 2 aromatic carbocycles. The van der Waals surface area contributed by atoms with Crippen molar-refractivity contribution in [3.05, 3.63) is 78.2 Å². The Balaban J connectivity index is 2.11. The van der Waals surface area contributed by atoms with Crippen LogP contribution < -0.4 is 5.32 Å². The standard InChI is InChI=1S/C21H24NO/c1-16(23)17-8-6-11-19(14-17)21(2,18-9-4-3-5-10-18)20-12-7-13-22-15-20/h3-6,8-11,14,20,22H,2,7,12-13,15H2,1H3. The minimum atomic E-state index is -0.333. The van der Waals surface area contributed by atoms with Crippen LogP contribution in [0.2, 0.25) is 0 Å². The lowest BCUT2D eigenvalue weighted by molar-refractivity contribution is 0.101. The summed E-state index contributed by atoms with van der Waals surface area (Å²) in [6.07, 6.45) is 2.32. The molecule has 0 saturated carbocycles. The number of hydrogen-bond donors (Lipinski definition) is 1. The molecule has 0 aliphatic carbocycles. The number of nitrogens with one attached hydrogen (secondary N) is 1. The van der Waals surface area contributed by atoms with Gasteiger partial charge in [0, 0.05) is 11.0 Å². The number of rotatable bonds is 4. The second-order valence-electron chi connectivity index (χ2n) is 6.52. The molecule has 1 radical (unpaired) electrons. The highest BCUT2D eigenvalue weighted by atomic mass is 16.1. The van der Waals surface area contributed by atoms with Crippen LogP contribution in [0.4, 0.5) is 0 Å². The van der Waals surface area contributed by atoms with Gasteiger partial charge >= 0.3 is 0 Å². The lowest BCUT2D eigenvalue weighted by atomic mass is 9.65. The highest BCUT2D eigenvalue weighted by Gasteiger charge is 2.38. The summed E-state index contributed by atoms with van der Waals surface area (Å²) in [6.45, 7) is 8.34. The molecule has 1 aliphatic rings. The normalized spacial score (nSPS) is 20.7. The molecule has 0 amide bonds. The maximum Gasteiger partial charge on any atom is 0.159 e. The van der Waals surface area contributed by atoms with Gasteiger partial charge < -0.3 is 5.32 Å². The minimum Gasteiger partial charge on any atom is -0.316 e. The second kappa shape index (κ2) is 6.67. The van der Waals surface area contributed by atoms with E-state index in [1.165, 1.54) is 12.0 Å². The van der Waals surface area contributed by atoms with E-state index in [1.807, 2.05) is 24.3 Å². The van der Waals surface area contributed by atoms with Crippen molar-refractivity contribution in [2.24, 2.45) is 5.92 Å². The van der Waals surface area contributed by atoms with Crippen molar-refractivity contribution < 1.29 is 4.79 Å². The third-order valence-corrected chi connectivity index (χ3v) is 5.07. The summed E-state index contributed by atoms with van der Waals surface area (Å²) < 4.78 is 0. The van der Waals surface area contributed by atoms with Gasteiger partial charge in [0.25, 0.3) is 0 Å². The fraction of sp³-hybridized carbons (Fsp3) is 0.333.